The monoisotopic (exact) mass is 299 g/mol. The van der Waals surface area contributed by atoms with Gasteiger partial charge in [-0.1, -0.05) is 11.6 Å². The van der Waals surface area contributed by atoms with E-state index >= 15 is 0 Å². The van der Waals surface area contributed by atoms with Crippen LogP contribution in [0.1, 0.15) is 11.4 Å². The molecule has 0 aliphatic carbocycles. The molecule has 2 rings (SSSR count). The maximum Gasteiger partial charge on any atom is 0.185 e. The first kappa shape index (κ1) is 13.9. The van der Waals surface area contributed by atoms with Crippen LogP contribution in [0.3, 0.4) is 0 Å². The van der Waals surface area contributed by atoms with Gasteiger partial charge in [0.1, 0.15) is 0 Å². The molecule has 102 valence electrons. The number of sulfone groups is 1. The van der Waals surface area contributed by atoms with Gasteiger partial charge in [0.2, 0.25) is 0 Å². The van der Waals surface area contributed by atoms with Gasteiger partial charge < -0.3 is 5.73 Å². The van der Waals surface area contributed by atoms with Crippen LogP contribution in [0.4, 0.5) is 5.69 Å². The van der Waals surface area contributed by atoms with Crippen molar-refractivity contribution in [2.24, 2.45) is 7.05 Å². The summed E-state index contributed by atoms with van der Waals surface area (Å²) in [7, 11) is -1.84. The summed E-state index contributed by atoms with van der Waals surface area (Å²) in [6, 6.07) is 6.16. The number of aromatic nitrogens is 2. The van der Waals surface area contributed by atoms with E-state index in [0.717, 1.165) is 5.69 Å². The average Bonchev–Trinajstić information content (AvgIpc) is 2.60. The lowest BCUT2D eigenvalue weighted by atomic mass is 10.3. The van der Waals surface area contributed by atoms with Gasteiger partial charge in [-0.2, -0.15) is 5.10 Å². The van der Waals surface area contributed by atoms with Crippen LogP contribution in [0.15, 0.2) is 29.2 Å². The summed E-state index contributed by atoms with van der Waals surface area (Å²) < 4.78 is 26.3. The maximum atomic E-state index is 12.4. The number of aryl methyl sites for hydroxylation is 2. The molecule has 1 heterocycles. The minimum atomic E-state index is -3.55. The normalized spacial score (nSPS) is 11.7. The fourth-order valence-corrected chi connectivity index (χ4v) is 3.80. The van der Waals surface area contributed by atoms with Crippen molar-refractivity contribution in [3.63, 3.8) is 0 Å². The highest BCUT2D eigenvalue weighted by atomic mass is 35.5. The van der Waals surface area contributed by atoms with Crippen LogP contribution in [0.25, 0.3) is 0 Å². The second-order valence-electron chi connectivity index (χ2n) is 4.35. The number of hydrogen-bond donors (Lipinski definition) is 1. The Hall–Kier alpha value is -1.53. The molecule has 7 heteroatoms. The molecule has 0 amide bonds. The van der Waals surface area contributed by atoms with Crippen molar-refractivity contribution in [1.82, 2.24) is 9.78 Å². The van der Waals surface area contributed by atoms with Gasteiger partial charge in [0.05, 0.1) is 27.1 Å². The summed E-state index contributed by atoms with van der Waals surface area (Å²) >= 11 is 5.93. The highest BCUT2D eigenvalue weighted by Gasteiger charge is 2.21. The first-order valence-electron chi connectivity index (χ1n) is 5.57. The van der Waals surface area contributed by atoms with Gasteiger partial charge in [-0.05, 0) is 31.2 Å². The molecule has 2 aromatic rings. The lowest BCUT2D eigenvalue weighted by Gasteiger charge is -2.07. The number of benzene rings is 1. The molecule has 0 saturated carbocycles. The average molecular weight is 300 g/mol. The van der Waals surface area contributed by atoms with Crippen LogP contribution in [0, 0.1) is 6.92 Å². The Labute approximate surface area is 116 Å². The molecular weight excluding hydrogens is 286 g/mol. The van der Waals surface area contributed by atoms with E-state index in [-0.39, 0.29) is 15.7 Å². The zero-order chi connectivity index (χ0) is 14.2. The molecule has 5 nitrogen and oxygen atoms in total. The van der Waals surface area contributed by atoms with E-state index in [9.17, 15) is 8.42 Å². The third-order valence-electron chi connectivity index (χ3n) is 2.73. The van der Waals surface area contributed by atoms with Gasteiger partial charge >= 0.3 is 0 Å². The van der Waals surface area contributed by atoms with E-state index in [1.165, 1.54) is 12.1 Å². The molecule has 0 saturated heterocycles. The summed E-state index contributed by atoms with van der Waals surface area (Å²) in [5.41, 5.74) is 7.35. The molecule has 0 aliphatic rings. The van der Waals surface area contributed by atoms with Crippen LogP contribution < -0.4 is 5.73 Å². The van der Waals surface area contributed by atoms with Gasteiger partial charge in [0, 0.05) is 12.7 Å². The van der Waals surface area contributed by atoms with Crippen molar-refractivity contribution in [2.45, 2.75) is 17.6 Å². The number of nitrogens with zero attached hydrogens (tertiary/aromatic N) is 2. The SMILES string of the molecule is Cc1cc(CS(=O)(=O)c2cc(N)ccc2Cl)n(C)n1. The Kier molecular flexibility index (Phi) is 3.56. The van der Waals surface area contributed by atoms with Gasteiger partial charge in [0.15, 0.2) is 9.84 Å². The highest BCUT2D eigenvalue weighted by Crippen LogP contribution is 2.26. The van der Waals surface area contributed by atoms with Crippen LogP contribution in [0.5, 0.6) is 0 Å². The Balaban J connectivity index is 2.43. The molecule has 19 heavy (non-hydrogen) atoms. The molecule has 0 radical (unpaired) electrons. The van der Waals surface area contributed by atoms with Gasteiger partial charge in [-0.15, -0.1) is 0 Å². The van der Waals surface area contributed by atoms with E-state index < -0.39 is 9.84 Å². The molecule has 0 unspecified atom stereocenters. The lowest BCUT2D eigenvalue weighted by Crippen LogP contribution is -2.09. The van der Waals surface area contributed by atoms with Crippen LogP contribution in [0.2, 0.25) is 5.02 Å². The van der Waals surface area contributed by atoms with E-state index in [2.05, 4.69) is 5.10 Å². The fourth-order valence-electron chi connectivity index (χ4n) is 1.83. The minimum Gasteiger partial charge on any atom is -0.399 e. The minimum absolute atomic E-state index is 0.0491. The Morgan fingerprint density at radius 2 is 2.05 bits per heavy atom. The largest absolute Gasteiger partial charge is 0.399 e. The molecule has 0 bridgehead atoms. The van der Waals surface area contributed by atoms with E-state index in [0.29, 0.717) is 11.4 Å². The Morgan fingerprint density at radius 1 is 1.37 bits per heavy atom. The van der Waals surface area contributed by atoms with Crippen molar-refractivity contribution in [2.75, 3.05) is 5.73 Å². The summed E-state index contributed by atoms with van der Waals surface area (Å²) in [4.78, 5) is 0.0491. The summed E-state index contributed by atoms with van der Waals surface area (Å²) in [5, 5.41) is 4.30. The second kappa shape index (κ2) is 4.86. The predicted molar refractivity (Wildman–Crippen MR) is 74.7 cm³/mol. The molecule has 0 fully saturated rings. The number of rotatable bonds is 3. The topological polar surface area (TPSA) is 78.0 Å². The number of nitrogens with two attached hydrogens (primary N) is 1. The number of anilines is 1. The van der Waals surface area contributed by atoms with Crippen molar-refractivity contribution in [3.05, 3.63) is 40.7 Å². The maximum absolute atomic E-state index is 12.4. The summed E-state index contributed by atoms with van der Waals surface area (Å²) in [6.45, 7) is 1.81. The van der Waals surface area contributed by atoms with Crippen LogP contribution in [-0.4, -0.2) is 18.2 Å². The number of nitrogen functional groups attached to an aromatic ring is 1. The van der Waals surface area contributed by atoms with Crippen molar-refractivity contribution in [1.29, 1.82) is 0 Å². The summed E-state index contributed by atoms with van der Waals surface area (Å²) in [6.07, 6.45) is 0. The second-order valence-corrected chi connectivity index (χ2v) is 6.71. The third-order valence-corrected chi connectivity index (χ3v) is 4.85. The van der Waals surface area contributed by atoms with E-state index in [4.69, 9.17) is 17.3 Å². The molecule has 0 aliphatic heterocycles. The van der Waals surface area contributed by atoms with E-state index in [1.807, 2.05) is 6.92 Å². The summed E-state index contributed by atoms with van der Waals surface area (Å²) in [5.74, 6) is -0.159. The van der Waals surface area contributed by atoms with Crippen LogP contribution in [-0.2, 0) is 22.6 Å². The third kappa shape index (κ3) is 2.90. The van der Waals surface area contributed by atoms with Crippen molar-refractivity contribution < 1.29 is 8.42 Å². The Bertz CT molecular complexity index is 723. The van der Waals surface area contributed by atoms with E-state index in [1.54, 1.807) is 23.9 Å². The van der Waals surface area contributed by atoms with Gasteiger partial charge in [-0.3, -0.25) is 4.68 Å². The van der Waals surface area contributed by atoms with Crippen molar-refractivity contribution in [3.8, 4) is 0 Å². The predicted octanol–water partition coefficient (Wildman–Crippen LogP) is 1.94. The zero-order valence-electron chi connectivity index (χ0n) is 10.6. The number of hydrogen-bond acceptors (Lipinski definition) is 4. The lowest BCUT2D eigenvalue weighted by molar-refractivity contribution is 0.592. The van der Waals surface area contributed by atoms with Gasteiger partial charge in [-0.25, -0.2) is 8.42 Å². The molecular formula is C12H14ClN3O2S. The highest BCUT2D eigenvalue weighted by molar-refractivity contribution is 7.90. The zero-order valence-corrected chi connectivity index (χ0v) is 12.2. The Morgan fingerprint density at radius 3 is 2.63 bits per heavy atom. The quantitative estimate of drug-likeness (QED) is 0.879. The number of halogens is 1. The molecule has 1 aromatic carbocycles. The fraction of sp³-hybridized carbons (Fsp3) is 0.250. The first-order chi connectivity index (χ1) is 8.79. The van der Waals surface area contributed by atoms with Gasteiger partial charge in [0.25, 0.3) is 0 Å². The molecule has 2 N–H and O–H groups in total. The molecule has 1 aromatic heterocycles. The van der Waals surface area contributed by atoms with Crippen LogP contribution >= 0.6 is 11.6 Å². The molecule has 0 atom stereocenters. The standard InChI is InChI=1S/C12H14ClN3O2S/c1-8-5-10(16(2)15-8)7-19(17,18)12-6-9(14)3-4-11(12)13/h3-6H,7,14H2,1-2H3. The first-order valence-corrected chi connectivity index (χ1v) is 7.60. The smallest absolute Gasteiger partial charge is 0.185 e. The van der Waals surface area contributed by atoms with Crippen molar-refractivity contribution >= 4 is 27.1 Å². The molecule has 0 spiro atoms.